The summed E-state index contributed by atoms with van der Waals surface area (Å²) in [5.74, 6) is 0. The van der Waals surface area contributed by atoms with Gasteiger partial charge in [0.1, 0.15) is 0 Å². The summed E-state index contributed by atoms with van der Waals surface area (Å²) in [5.41, 5.74) is 8.72. The third kappa shape index (κ3) is 14.6. The Labute approximate surface area is 255 Å². The van der Waals surface area contributed by atoms with Crippen LogP contribution in [0.1, 0.15) is 141 Å². The number of rotatable bonds is 20. The molecule has 2 aromatic rings. The van der Waals surface area contributed by atoms with Crippen LogP contribution < -0.4 is 0 Å². The molecule has 220 valence electrons. The normalized spacial score (nSPS) is 12.0. The molecule has 39 heavy (non-hydrogen) atoms. The molecular formula is C36H56N2Pd. The van der Waals surface area contributed by atoms with E-state index in [1.807, 2.05) is 0 Å². The zero-order valence-corrected chi connectivity index (χ0v) is 27.3. The van der Waals surface area contributed by atoms with E-state index >= 15 is 0 Å². The Kier molecular flexibility index (Phi) is 20.2. The first-order valence-corrected chi connectivity index (χ1v) is 16.0. The molecular weight excluding hydrogens is 567 g/mol. The molecule has 0 heterocycles. The Hall–Kier alpha value is -1.56. The first-order chi connectivity index (χ1) is 18.6. The molecule has 0 aliphatic carbocycles. The van der Waals surface area contributed by atoms with Crippen molar-refractivity contribution in [3.8, 4) is 0 Å². The summed E-state index contributed by atoms with van der Waals surface area (Å²) < 4.78 is 0. The minimum Gasteiger partial charge on any atom is -0.252 e. The number of nitrogens with zero attached hydrogens (tertiary/aromatic N) is 2. The van der Waals surface area contributed by atoms with Gasteiger partial charge in [0.05, 0.1) is 22.8 Å². The second-order valence-corrected chi connectivity index (χ2v) is 10.9. The van der Waals surface area contributed by atoms with Crippen LogP contribution in [-0.4, -0.2) is 11.4 Å². The summed E-state index contributed by atoms with van der Waals surface area (Å²) in [5, 5.41) is 0. The molecule has 0 spiro atoms. The van der Waals surface area contributed by atoms with Crippen molar-refractivity contribution in [3.63, 3.8) is 0 Å². The van der Waals surface area contributed by atoms with Crippen molar-refractivity contribution in [2.24, 2.45) is 9.98 Å². The molecule has 2 rings (SSSR count). The van der Waals surface area contributed by atoms with E-state index in [2.05, 4.69) is 77.1 Å². The van der Waals surface area contributed by atoms with Crippen LogP contribution in [0.2, 0.25) is 0 Å². The fraction of sp³-hybridized carbons (Fsp3) is 0.611. The smallest absolute Gasteiger partial charge is 0.0639 e. The Morgan fingerprint density at radius 1 is 0.462 bits per heavy atom. The van der Waals surface area contributed by atoms with Gasteiger partial charge in [-0.1, -0.05) is 117 Å². The van der Waals surface area contributed by atoms with E-state index in [4.69, 9.17) is 9.98 Å². The van der Waals surface area contributed by atoms with Gasteiger partial charge in [-0.2, -0.15) is 0 Å². The number of unbranched alkanes of at least 4 members (excludes halogenated alkanes) is 10. The predicted molar refractivity (Wildman–Crippen MR) is 171 cm³/mol. The second-order valence-electron chi connectivity index (χ2n) is 10.9. The number of aliphatic imine (C=N–C) groups is 2. The Morgan fingerprint density at radius 2 is 0.872 bits per heavy atom. The molecule has 0 saturated carbocycles. The minimum absolute atomic E-state index is 0. The van der Waals surface area contributed by atoms with E-state index in [0.29, 0.717) is 0 Å². The van der Waals surface area contributed by atoms with E-state index in [1.165, 1.54) is 105 Å². The molecule has 0 saturated heterocycles. The predicted octanol–water partition coefficient (Wildman–Crippen LogP) is 11.7. The molecule has 3 heteroatoms. The summed E-state index contributed by atoms with van der Waals surface area (Å²) in [6.45, 7) is 11.3. The van der Waals surface area contributed by atoms with Gasteiger partial charge in [-0.3, -0.25) is 9.98 Å². The van der Waals surface area contributed by atoms with Gasteiger partial charge in [0.15, 0.2) is 0 Å². The number of hydrogen-bond acceptors (Lipinski definition) is 2. The zero-order chi connectivity index (χ0) is 27.4. The van der Waals surface area contributed by atoms with Crippen LogP contribution >= 0.6 is 0 Å². The molecule has 0 radical (unpaired) electrons. The summed E-state index contributed by atoms with van der Waals surface area (Å²) in [7, 11) is 0. The molecule has 0 unspecified atom stereocenters. The third-order valence-corrected chi connectivity index (χ3v) is 7.59. The maximum Gasteiger partial charge on any atom is 0.0639 e. The summed E-state index contributed by atoms with van der Waals surface area (Å²) in [6, 6.07) is 15.8. The summed E-state index contributed by atoms with van der Waals surface area (Å²) in [6.07, 6.45) is 20.8. The fourth-order valence-electron chi connectivity index (χ4n) is 5.01. The Bertz CT molecular complexity index is 936. The monoisotopic (exact) mass is 622 g/mol. The van der Waals surface area contributed by atoms with Crippen molar-refractivity contribution in [2.75, 3.05) is 0 Å². The van der Waals surface area contributed by atoms with Gasteiger partial charge in [0.2, 0.25) is 0 Å². The molecule has 0 aliphatic heterocycles. The van der Waals surface area contributed by atoms with Crippen LogP contribution in [0.5, 0.6) is 0 Å². The van der Waals surface area contributed by atoms with Crippen molar-refractivity contribution in [1.82, 2.24) is 0 Å². The molecule has 0 N–H and O–H groups in total. The number of benzene rings is 2. The average molecular weight is 623 g/mol. The van der Waals surface area contributed by atoms with E-state index < -0.39 is 0 Å². The van der Waals surface area contributed by atoms with E-state index in [9.17, 15) is 0 Å². The zero-order valence-electron chi connectivity index (χ0n) is 25.8. The number of hydrogen-bond donors (Lipinski definition) is 0. The van der Waals surface area contributed by atoms with Gasteiger partial charge in [0, 0.05) is 20.4 Å². The molecule has 0 fully saturated rings. The first kappa shape index (κ1) is 35.5. The Morgan fingerprint density at radius 3 is 1.31 bits per heavy atom. The maximum absolute atomic E-state index is 5.35. The quantitative estimate of drug-likeness (QED) is 0.0797. The van der Waals surface area contributed by atoms with E-state index in [-0.39, 0.29) is 20.4 Å². The van der Waals surface area contributed by atoms with E-state index in [0.717, 1.165) is 43.5 Å². The van der Waals surface area contributed by atoms with Gasteiger partial charge in [-0.25, -0.2) is 0 Å². The summed E-state index contributed by atoms with van der Waals surface area (Å²) >= 11 is 0. The van der Waals surface area contributed by atoms with Crippen LogP contribution in [0.3, 0.4) is 0 Å². The number of aryl methyl sites for hydroxylation is 3. The van der Waals surface area contributed by atoms with Crippen molar-refractivity contribution in [1.29, 1.82) is 0 Å². The third-order valence-electron chi connectivity index (χ3n) is 7.59. The van der Waals surface area contributed by atoms with Crippen molar-refractivity contribution in [2.45, 2.75) is 144 Å². The van der Waals surface area contributed by atoms with Gasteiger partial charge < -0.3 is 0 Å². The van der Waals surface area contributed by atoms with Gasteiger partial charge in [-0.15, -0.1) is 0 Å². The topological polar surface area (TPSA) is 24.7 Å². The fourth-order valence-corrected chi connectivity index (χ4v) is 5.01. The van der Waals surface area contributed by atoms with Crippen LogP contribution in [0.25, 0.3) is 0 Å². The van der Waals surface area contributed by atoms with E-state index in [1.54, 1.807) is 0 Å². The molecule has 0 amide bonds. The van der Waals surface area contributed by atoms with Crippen molar-refractivity contribution >= 4 is 22.8 Å². The van der Waals surface area contributed by atoms with Gasteiger partial charge in [-0.05, 0) is 85.9 Å². The largest absolute Gasteiger partial charge is 0.252 e. The Balaban J connectivity index is 0.00000760. The summed E-state index contributed by atoms with van der Waals surface area (Å²) in [4.78, 5) is 10.6. The van der Waals surface area contributed by atoms with Crippen molar-refractivity contribution < 1.29 is 20.4 Å². The second kappa shape index (κ2) is 22.2. The molecule has 2 aromatic carbocycles. The van der Waals surface area contributed by atoms with Crippen LogP contribution in [0, 0.1) is 0 Å². The van der Waals surface area contributed by atoms with Crippen LogP contribution in [0.4, 0.5) is 11.4 Å². The standard InChI is InChI=1S/C36H56N2.Pd/c1-6-11-13-15-17-19-21-35(37-33-25-23-30(8-3)24-26-33)36(22-20-18-16-14-12-7-2)38-34-28-31(9-4)27-32(10-5)29-34;/h23-29H,6-22H2,1-5H3;. The van der Waals surface area contributed by atoms with Crippen LogP contribution in [0.15, 0.2) is 52.4 Å². The SMILES string of the molecule is CCCCCCCCC(=Nc1ccc(CC)cc1)C(CCCCCCCC)=Nc1cc(CC)cc(CC)c1.[Pd]. The van der Waals surface area contributed by atoms with Gasteiger partial charge in [0.25, 0.3) is 0 Å². The van der Waals surface area contributed by atoms with Gasteiger partial charge >= 0.3 is 0 Å². The molecule has 0 aromatic heterocycles. The molecule has 0 bridgehead atoms. The maximum atomic E-state index is 5.35. The molecule has 2 nitrogen and oxygen atoms in total. The van der Waals surface area contributed by atoms with Crippen LogP contribution in [-0.2, 0) is 39.7 Å². The molecule has 0 atom stereocenters. The average Bonchev–Trinajstić information content (AvgIpc) is 2.95. The minimum atomic E-state index is 0. The van der Waals surface area contributed by atoms with Crippen molar-refractivity contribution in [3.05, 3.63) is 59.2 Å². The molecule has 0 aliphatic rings. The first-order valence-electron chi connectivity index (χ1n) is 16.0.